The second-order valence-electron chi connectivity index (χ2n) is 7.98. The lowest BCUT2D eigenvalue weighted by molar-refractivity contribution is -0.131. The molecule has 7 nitrogen and oxygen atoms in total. The van der Waals surface area contributed by atoms with Gasteiger partial charge in [-0.15, -0.1) is 4.40 Å². The molecule has 3 heterocycles. The van der Waals surface area contributed by atoms with Gasteiger partial charge in [0.1, 0.15) is 16.8 Å². The fourth-order valence-corrected chi connectivity index (χ4v) is 5.69. The molecule has 156 valence electrons. The SMILES string of the molecule is CC1=C(c2ccc(C)cc2)S(=O)(=O)N=C1N1CCC(NC(=O)C2CCCO2)CC1. The summed E-state index contributed by atoms with van der Waals surface area (Å²) in [6.07, 6.45) is 2.90. The number of carbonyl (C=O) groups is 1. The van der Waals surface area contributed by atoms with Crippen LogP contribution < -0.4 is 5.32 Å². The number of nitrogens with zero attached hydrogens (tertiary/aromatic N) is 2. The summed E-state index contributed by atoms with van der Waals surface area (Å²) in [5.74, 6) is 0.504. The van der Waals surface area contributed by atoms with E-state index in [-0.39, 0.29) is 18.1 Å². The molecule has 0 radical (unpaired) electrons. The van der Waals surface area contributed by atoms with Crippen molar-refractivity contribution in [3.63, 3.8) is 0 Å². The quantitative estimate of drug-likeness (QED) is 0.815. The predicted octanol–water partition coefficient (Wildman–Crippen LogP) is 2.23. The molecule has 1 unspecified atom stereocenters. The van der Waals surface area contributed by atoms with E-state index in [1.54, 1.807) is 0 Å². The fourth-order valence-electron chi connectivity index (χ4n) is 4.20. The first-order chi connectivity index (χ1) is 13.8. The van der Waals surface area contributed by atoms with Crippen molar-refractivity contribution < 1.29 is 17.9 Å². The highest BCUT2D eigenvalue weighted by Gasteiger charge is 2.35. The third-order valence-electron chi connectivity index (χ3n) is 5.82. The van der Waals surface area contributed by atoms with Crippen LogP contribution >= 0.6 is 0 Å². The first-order valence-corrected chi connectivity index (χ1v) is 11.6. The zero-order valence-corrected chi connectivity index (χ0v) is 17.7. The number of amides is 1. The molecule has 1 aromatic carbocycles. The molecule has 2 fully saturated rings. The van der Waals surface area contributed by atoms with Gasteiger partial charge in [0, 0.05) is 31.3 Å². The van der Waals surface area contributed by atoms with Gasteiger partial charge in [0.2, 0.25) is 5.91 Å². The monoisotopic (exact) mass is 417 g/mol. The molecule has 29 heavy (non-hydrogen) atoms. The Balaban J connectivity index is 1.44. The Morgan fingerprint density at radius 2 is 1.83 bits per heavy atom. The first kappa shape index (κ1) is 20.1. The zero-order valence-electron chi connectivity index (χ0n) is 16.8. The molecule has 3 aliphatic rings. The molecule has 0 aromatic heterocycles. The van der Waals surface area contributed by atoms with Crippen LogP contribution in [0.2, 0.25) is 0 Å². The third-order valence-corrected chi connectivity index (χ3v) is 7.29. The molecular weight excluding hydrogens is 390 g/mol. The summed E-state index contributed by atoms with van der Waals surface area (Å²) in [4.78, 5) is 14.6. The minimum Gasteiger partial charge on any atom is -0.368 e. The highest BCUT2D eigenvalue weighted by molar-refractivity contribution is 8.00. The van der Waals surface area contributed by atoms with Crippen LogP contribution in [0.5, 0.6) is 0 Å². The summed E-state index contributed by atoms with van der Waals surface area (Å²) in [6, 6.07) is 7.56. The van der Waals surface area contributed by atoms with Crippen LogP contribution in [0.15, 0.2) is 34.2 Å². The topological polar surface area (TPSA) is 88.1 Å². The summed E-state index contributed by atoms with van der Waals surface area (Å²) in [7, 11) is -3.70. The van der Waals surface area contributed by atoms with Crippen molar-refractivity contribution in [3.05, 3.63) is 41.0 Å². The number of hydrogen-bond donors (Lipinski definition) is 1. The minimum atomic E-state index is -3.70. The summed E-state index contributed by atoms with van der Waals surface area (Å²) in [5.41, 5.74) is 2.44. The maximum Gasteiger partial charge on any atom is 0.285 e. The average molecular weight is 418 g/mol. The zero-order chi connectivity index (χ0) is 20.6. The fraction of sp³-hybridized carbons (Fsp3) is 0.524. The van der Waals surface area contributed by atoms with E-state index in [0.29, 0.717) is 41.6 Å². The van der Waals surface area contributed by atoms with Crippen LogP contribution in [-0.4, -0.2) is 56.9 Å². The molecule has 0 bridgehead atoms. The van der Waals surface area contributed by atoms with Crippen LogP contribution in [0.3, 0.4) is 0 Å². The maximum absolute atomic E-state index is 12.7. The van der Waals surface area contributed by atoms with Crippen LogP contribution in [0, 0.1) is 6.92 Å². The normalized spacial score (nSPS) is 24.7. The Bertz CT molecular complexity index is 952. The highest BCUT2D eigenvalue weighted by atomic mass is 32.2. The minimum absolute atomic E-state index is 0.0283. The smallest absolute Gasteiger partial charge is 0.285 e. The van der Waals surface area contributed by atoms with E-state index in [1.807, 2.05) is 43.0 Å². The molecular formula is C21H27N3O4S. The number of hydrogen-bond acceptors (Lipinski definition) is 5. The van der Waals surface area contributed by atoms with E-state index in [2.05, 4.69) is 9.71 Å². The molecule has 8 heteroatoms. The maximum atomic E-state index is 12.7. The Hall–Kier alpha value is -2.19. The molecule has 1 N–H and O–H groups in total. The summed E-state index contributed by atoms with van der Waals surface area (Å²) < 4.78 is 35.0. The van der Waals surface area contributed by atoms with Crippen molar-refractivity contribution in [2.24, 2.45) is 4.40 Å². The standard InChI is InChI=1S/C21H27N3O4S/c1-14-5-7-16(8-6-14)19-15(2)20(23-29(19,26)27)24-11-9-17(10-12-24)22-21(25)18-4-3-13-28-18/h5-8,17-18H,3-4,9-13H2,1-2H3,(H,22,25). The van der Waals surface area contributed by atoms with E-state index >= 15 is 0 Å². The van der Waals surface area contributed by atoms with Crippen molar-refractivity contribution in [3.8, 4) is 0 Å². The summed E-state index contributed by atoms with van der Waals surface area (Å²) >= 11 is 0. The van der Waals surface area contributed by atoms with Gasteiger partial charge in [-0.1, -0.05) is 29.8 Å². The molecule has 0 spiro atoms. The van der Waals surface area contributed by atoms with Crippen molar-refractivity contribution in [2.75, 3.05) is 19.7 Å². The number of benzene rings is 1. The number of piperidine rings is 1. The third kappa shape index (κ3) is 4.09. The van der Waals surface area contributed by atoms with E-state index in [4.69, 9.17) is 4.74 Å². The summed E-state index contributed by atoms with van der Waals surface area (Å²) in [6.45, 7) is 5.76. The number of rotatable bonds is 3. The van der Waals surface area contributed by atoms with Crippen LogP contribution in [0.25, 0.3) is 4.91 Å². The largest absolute Gasteiger partial charge is 0.368 e. The molecule has 2 saturated heterocycles. The lowest BCUT2D eigenvalue weighted by Crippen LogP contribution is -2.48. The Morgan fingerprint density at radius 1 is 1.14 bits per heavy atom. The number of ether oxygens (including phenoxy) is 1. The van der Waals surface area contributed by atoms with Crippen molar-refractivity contribution in [2.45, 2.75) is 51.7 Å². The second-order valence-corrected chi connectivity index (χ2v) is 9.52. The molecule has 0 saturated carbocycles. The summed E-state index contributed by atoms with van der Waals surface area (Å²) in [5, 5.41) is 3.08. The van der Waals surface area contributed by atoms with Gasteiger partial charge in [-0.3, -0.25) is 4.79 Å². The van der Waals surface area contributed by atoms with Gasteiger partial charge in [0.25, 0.3) is 10.0 Å². The predicted molar refractivity (Wildman–Crippen MR) is 112 cm³/mol. The van der Waals surface area contributed by atoms with E-state index in [0.717, 1.165) is 31.2 Å². The number of aryl methyl sites for hydroxylation is 1. The molecule has 4 rings (SSSR count). The Morgan fingerprint density at radius 3 is 2.45 bits per heavy atom. The molecule has 1 aromatic rings. The number of likely N-dealkylation sites (tertiary alicyclic amines) is 1. The van der Waals surface area contributed by atoms with Gasteiger partial charge < -0.3 is 15.0 Å². The van der Waals surface area contributed by atoms with Crippen LogP contribution in [-0.2, 0) is 19.6 Å². The Labute approximate surface area is 171 Å². The van der Waals surface area contributed by atoms with Crippen molar-refractivity contribution in [1.29, 1.82) is 0 Å². The van der Waals surface area contributed by atoms with Crippen molar-refractivity contribution in [1.82, 2.24) is 10.2 Å². The lowest BCUT2D eigenvalue weighted by Gasteiger charge is -2.34. The van der Waals surface area contributed by atoms with Gasteiger partial charge in [0.15, 0.2) is 0 Å². The highest BCUT2D eigenvalue weighted by Crippen LogP contribution is 2.34. The number of amidine groups is 1. The van der Waals surface area contributed by atoms with Gasteiger partial charge in [-0.2, -0.15) is 8.42 Å². The Kier molecular flexibility index (Phi) is 5.48. The molecule has 1 atom stereocenters. The van der Waals surface area contributed by atoms with Crippen molar-refractivity contribution >= 4 is 26.7 Å². The van der Waals surface area contributed by atoms with Gasteiger partial charge in [0.05, 0.1) is 0 Å². The number of carbonyl (C=O) groups excluding carboxylic acids is 1. The van der Waals surface area contributed by atoms with Gasteiger partial charge in [-0.05, 0) is 45.1 Å². The van der Waals surface area contributed by atoms with Gasteiger partial charge in [-0.25, -0.2) is 0 Å². The lowest BCUT2D eigenvalue weighted by atomic mass is 10.0. The van der Waals surface area contributed by atoms with E-state index in [1.165, 1.54) is 0 Å². The van der Waals surface area contributed by atoms with Crippen LogP contribution in [0.4, 0.5) is 0 Å². The van der Waals surface area contributed by atoms with E-state index in [9.17, 15) is 13.2 Å². The van der Waals surface area contributed by atoms with Gasteiger partial charge >= 0.3 is 0 Å². The van der Waals surface area contributed by atoms with Crippen LogP contribution in [0.1, 0.15) is 43.7 Å². The molecule has 0 aliphatic carbocycles. The first-order valence-electron chi connectivity index (χ1n) is 10.2. The average Bonchev–Trinajstić information content (AvgIpc) is 3.30. The second kappa shape index (κ2) is 7.91. The molecule has 3 aliphatic heterocycles. The van der Waals surface area contributed by atoms with E-state index < -0.39 is 10.0 Å². The number of sulfonamides is 1. The molecule has 1 amide bonds. The number of nitrogens with one attached hydrogen (secondary N) is 1.